The highest BCUT2D eigenvalue weighted by molar-refractivity contribution is 5.98. The quantitative estimate of drug-likeness (QED) is 0.922. The number of fused-ring (bicyclic) bond motifs is 1. The van der Waals surface area contributed by atoms with E-state index in [1.165, 1.54) is 7.11 Å². The van der Waals surface area contributed by atoms with E-state index >= 15 is 0 Å². The number of benzene rings is 1. The van der Waals surface area contributed by atoms with Crippen LogP contribution in [0.3, 0.4) is 0 Å². The number of likely N-dealkylation sites (tertiary alicyclic amines) is 2. The highest BCUT2D eigenvalue weighted by Crippen LogP contribution is 2.35. The first kappa shape index (κ1) is 16.5. The number of amides is 1. The summed E-state index contributed by atoms with van der Waals surface area (Å²) in [6.45, 7) is 0.997. The monoisotopic (exact) mass is 349 g/mol. The van der Waals surface area contributed by atoms with Crippen molar-refractivity contribution in [3.63, 3.8) is 0 Å². The Hall–Kier alpha value is -1.99. The van der Waals surface area contributed by atoms with E-state index in [1.54, 1.807) is 9.80 Å². The van der Waals surface area contributed by atoms with Gasteiger partial charge in [0, 0.05) is 49.6 Å². The van der Waals surface area contributed by atoms with Crippen molar-refractivity contribution >= 4 is 16.8 Å². The lowest BCUT2D eigenvalue weighted by Gasteiger charge is -2.45. The van der Waals surface area contributed by atoms with Gasteiger partial charge in [-0.15, -0.1) is 0 Å². The van der Waals surface area contributed by atoms with Crippen LogP contribution in [0.15, 0.2) is 30.3 Å². The summed E-state index contributed by atoms with van der Waals surface area (Å²) < 4.78 is 32.6. The maximum Gasteiger partial charge on any atom is 0.270 e. The number of methoxy groups -OCH3 is 1. The summed E-state index contributed by atoms with van der Waals surface area (Å²) in [6, 6.07) is 9.24. The molecule has 2 aliphatic rings. The molecule has 0 saturated carbocycles. The molecule has 0 bridgehead atoms. The number of carbonyl (C=O) groups excluding carboxylic acids is 1. The van der Waals surface area contributed by atoms with Crippen LogP contribution in [0.1, 0.15) is 16.9 Å². The summed E-state index contributed by atoms with van der Waals surface area (Å²) in [5.41, 5.74) is 1.46. The topological polar surface area (TPSA) is 48.6 Å². The zero-order chi connectivity index (χ0) is 17.6. The van der Waals surface area contributed by atoms with Crippen LogP contribution in [-0.2, 0) is 4.74 Å². The number of halogens is 2. The van der Waals surface area contributed by atoms with E-state index in [1.807, 2.05) is 30.3 Å². The second kappa shape index (κ2) is 6.07. The number of nitrogens with zero attached hydrogens (tertiary/aromatic N) is 2. The van der Waals surface area contributed by atoms with Gasteiger partial charge in [-0.3, -0.25) is 9.69 Å². The molecule has 1 N–H and O–H groups in total. The molecule has 7 heteroatoms. The molecule has 0 unspecified atom stereocenters. The van der Waals surface area contributed by atoms with Crippen molar-refractivity contribution < 1.29 is 18.3 Å². The second-order valence-electron chi connectivity index (χ2n) is 6.98. The normalized spacial score (nSPS) is 24.0. The van der Waals surface area contributed by atoms with Gasteiger partial charge in [0.1, 0.15) is 5.69 Å². The van der Waals surface area contributed by atoms with Gasteiger partial charge in [-0.25, -0.2) is 8.78 Å². The Labute approximate surface area is 144 Å². The Kier molecular flexibility index (Phi) is 4.00. The van der Waals surface area contributed by atoms with Crippen molar-refractivity contribution in [2.24, 2.45) is 0 Å². The van der Waals surface area contributed by atoms with Crippen LogP contribution in [0.4, 0.5) is 8.78 Å². The average molecular weight is 349 g/mol. The van der Waals surface area contributed by atoms with Crippen LogP contribution in [0.5, 0.6) is 0 Å². The highest BCUT2D eigenvalue weighted by atomic mass is 19.3. The predicted octanol–water partition coefficient (Wildman–Crippen LogP) is 2.35. The number of hydrogen-bond donors (Lipinski definition) is 1. The lowest BCUT2D eigenvalue weighted by molar-refractivity contribution is -0.0137. The minimum Gasteiger partial charge on any atom is -0.383 e. The third-order valence-corrected chi connectivity index (χ3v) is 5.16. The molecule has 4 rings (SSSR count). The first-order valence-electron chi connectivity index (χ1n) is 8.46. The summed E-state index contributed by atoms with van der Waals surface area (Å²) in [5.74, 6) is -2.76. The standard InChI is InChI=1S/C18H21F2N3O2/c1-25-10-13-7-18(19,20)11-23(13)14-8-22(9-14)17(24)16-6-12-4-2-3-5-15(12)21-16/h2-6,13-14,21H,7-11H2,1H3/t13-/m0/s1. The fraction of sp³-hybridized carbons (Fsp3) is 0.500. The molecule has 1 amide bonds. The molecule has 1 aromatic carbocycles. The van der Waals surface area contributed by atoms with Crippen LogP contribution in [0, 0.1) is 0 Å². The number of hydrogen-bond acceptors (Lipinski definition) is 3. The van der Waals surface area contributed by atoms with Gasteiger partial charge >= 0.3 is 0 Å². The molecule has 25 heavy (non-hydrogen) atoms. The Bertz CT molecular complexity index is 752. The zero-order valence-corrected chi connectivity index (χ0v) is 14.0. The van der Waals surface area contributed by atoms with Gasteiger partial charge in [-0.05, 0) is 12.1 Å². The van der Waals surface area contributed by atoms with Crippen molar-refractivity contribution in [3.8, 4) is 0 Å². The summed E-state index contributed by atoms with van der Waals surface area (Å²) >= 11 is 0. The molecule has 5 nitrogen and oxygen atoms in total. The van der Waals surface area contributed by atoms with E-state index in [0.717, 1.165) is 10.9 Å². The summed E-state index contributed by atoms with van der Waals surface area (Å²) in [6.07, 6.45) is -0.173. The number of H-pyrrole nitrogens is 1. The van der Waals surface area contributed by atoms with E-state index < -0.39 is 5.92 Å². The fourth-order valence-electron chi connectivity index (χ4n) is 3.89. The van der Waals surface area contributed by atoms with E-state index in [2.05, 4.69) is 4.98 Å². The second-order valence-corrected chi connectivity index (χ2v) is 6.98. The average Bonchev–Trinajstić information content (AvgIpc) is 3.07. The molecule has 1 atom stereocenters. The minimum absolute atomic E-state index is 0.0261. The number of alkyl halides is 2. The van der Waals surface area contributed by atoms with Crippen LogP contribution in [0.25, 0.3) is 10.9 Å². The van der Waals surface area contributed by atoms with Crippen LogP contribution in [0.2, 0.25) is 0 Å². The third-order valence-electron chi connectivity index (χ3n) is 5.16. The fourth-order valence-corrected chi connectivity index (χ4v) is 3.89. The SMILES string of the molecule is COC[C@@H]1CC(F)(F)CN1C1CN(C(=O)c2cc3ccccc3[nH]2)C1. The van der Waals surface area contributed by atoms with Gasteiger partial charge in [0.25, 0.3) is 11.8 Å². The molecule has 0 spiro atoms. The maximum absolute atomic E-state index is 13.7. The van der Waals surface area contributed by atoms with Gasteiger partial charge in [0.15, 0.2) is 0 Å². The van der Waals surface area contributed by atoms with Crippen molar-refractivity contribution in [2.75, 3.05) is 33.4 Å². The lowest BCUT2D eigenvalue weighted by Crippen LogP contribution is -2.62. The number of rotatable bonds is 4. The molecule has 134 valence electrons. The first-order chi connectivity index (χ1) is 12.0. The van der Waals surface area contributed by atoms with Crippen LogP contribution in [-0.4, -0.2) is 72.0 Å². The van der Waals surface area contributed by atoms with Gasteiger partial charge in [-0.1, -0.05) is 18.2 Å². The zero-order valence-electron chi connectivity index (χ0n) is 14.0. The van der Waals surface area contributed by atoms with Crippen LogP contribution >= 0.6 is 0 Å². The van der Waals surface area contributed by atoms with Crippen LogP contribution < -0.4 is 0 Å². The largest absolute Gasteiger partial charge is 0.383 e. The minimum atomic E-state index is -2.68. The smallest absolute Gasteiger partial charge is 0.270 e. The lowest BCUT2D eigenvalue weighted by atomic mass is 10.1. The Balaban J connectivity index is 1.41. The molecular formula is C18H21F2N3O2. The van der Waals surface area contributed by atoms with Gasteiger partial charge in [0.2, 0.25) is 0 Å². The molecule has 2 aromatic rings. The number of aromatic nitrogens is 1. The predicted molar refractivity (Wildman–Crippen MR) is 89.9 cm³/mol. The van der Waals surface area contributed by atoms with Gasteiger partial charge in [0.05, 0.1) is 13.2 Å². The van der Waals surface area contributed by atoms with E-state index in [4.69, 9.17) is 4.74 Å². The number of nitrogens with one attached hydrogen (secondary N) is 1. The van der Waals surface area contributed by atoms with Crippen molar-refractivity contribution in [2.45, 2.75) is 24.4 Å². The summed E-state index contributed by atoms with van der Waals surface area (Å²) in [4.78, 5) is 19.2. The number of para-hydroxylation sites is 1. The highest BCUT2D eigenvalue weighted by Gasteiger charge is 2.50. The van der Waals surface area contributed by atoms with Crippen molar-refractivity contribution in [3.05, 3.63) is 36.0 Å². The summed E-state index contributed by atoms with van der Waals surface area (Å²) in [5, 5.41) is 0.988. The van der Waals surface area contributed by atoms with Crippen molar-refractivity contribution in [1.29, 1.82) is 0 Å². The Morgan fingerprint density at radius 3 is 2.84 bits per heavy atom. The molecular weight excluding hydrogens is 328 g/mol. The third kappa shape index (κ3) is 3.02. The Morgan fingerprint density at radius 2 is 2.12 bits per heavy atom. The molecule has 2 fully saturated rings. The molecule has 2 saturated heterocycles. The van der Waals surface area contributed by atoms with Crippen molar-refractivity contribution in [1.82, 2.24) is 14.8 Å². The molecule has 2 aliphatic heterocycles. The van der Waals surface area contributed by atoms with E-state index in [9.17, 15) is 13.6 Å². The van der Waals surface area contributed by atoms with Gasteiger partial charge in [-0.2, -0.15) is 0 Å². The number of ether oxygens (including phenoxy) is 1. The Morgan fingerprint density at radius 1 is 1.36 bits per heavy atom. The summed E-state index contributed by atoms with van der Waals surface area (Å²) in [7, 11) is 1.53. The number of carbonyl (C=O) groups is 1. The number of aromatic amines is 1. The van der Waals surface area contributed by atoms with E-state index in [0.29, 0.717) is 25.4 Å². The van der Waals surface area contributed by atoms with E-state index in [-0.39, 0.29) is 31.0 Å². The molecule has 1 aromatic heterocycles. The maximum atomic E-state index is 13.7. The molecule has 0 aliphatic carbocycles. The molecule has 3 heterocycles. The first-order valence-corrected chi connectivity index (χ1v) is 8.46. The van der Waals surface area contributed by atoms with Gasteiger partial charge < -0.3 is 14.6 Å². The molecule has 0 radical (unpaired) electrons.